The molecule has 98 valence electrons. The molecule has 18 heavy (non-hydrogen) atoms. The summed E-state index contributed by atoms with van der Waals surface area (Å²) >= 11 is 0. The van der Waals surface area contributed by atoms with Gasteiger partial charge in [0.15, 0.2) is 0 Å². The Labute approximate surface area is 105 Å². The number of nitrogens with zero attached hydrogens (tertiary/aromatic N) is 1. The maximum absolute atomic E-state index is 11.7. The highest BCUT2D eigenvalue weighted by atomic mass is 16.4. The van der Waals surface area contributed by atoms with E-state index in [0.717, 1.165) is 0 Å². The molecule has 6 nitrogen and oxygen atoms in total. The first-order valence-corrected chi connectivity index (χ1v) is 5.78. The van der Waals surface area contributed by atoms with E-state index in [2.05, 4.69) is 10.3 Å². The Morgan fingerprint density at radius 2 is 2.17 bits per heavy atom. The Kier molecular flexibility index (Phi) is 5.79. The highest BCUT2D eigenvalue weighted by Crippen LogP contribution is 2.01. The number of unbranched alkanes of at least 4 members (excludes halogenated alkanes) is 1. The number of nitrogens with one attached hydrogen (secondary N) is 1. The average molecular weight is 251 g/mol. The third-order valence-electron chi connectivity index (χ3n) is 2.39. The first-order chi connectivity index (χ1) is 8.63. The van der Waals surface area contributed by atoms with Crippen LogP contribution in [0.25, 0.3) is 0 Å². The minimum Gasteiger partial charge on any atom is -0.481 e. The van der Waals surface area contributed by atoms with Crippen LogP contribution in [0, 0.1) is 0 Å². The molecule has 1 rings (SSSR count). The topological polar surface area (TPSA) is 105 Å². The minimum atomic E-state index is -0.817. The predicted molar refractivity (Wildman–Crippen MR) is 65.9 cm³/mol. The fourth-order valence-corrected chi connectivity index (χ4v) is 1.44. The molecule has 4 N–H and O–H groups in total. The summed E-state index contributed by atoms with van der Waals surface area (Å²) in [5.41, 5.74) is 6.62. The van der Waals surface area contributed by atoms with E-state index in [4.69, 9.17) is 10.8 Å². The van der Waals surface area contributed by atoms with Gasteiger partial charge >= 0.3 is 5.97 Å². The largest absolute Gasteiger partial charge is 0.481 e. The number of carboxylic acids is 1. The fourth-order valence-electron chi connectivity index (χ4n) is 1.44. The van der Waals surface area contributed by atoms with Gasteiger partial charge in [0.1, 0.15) is 0 Å². The van der Waals surface area contributed by atoms with Crippen molar-refractivity contribution in [1.82, 2.24) is 10.3 Å². The number of carbonyl (C=O) groups excluding carboxylic acids is 1. The Hall–Kier alpha value is -1.95. The number of nitrogens with two attached hydrogens (primary N) is 1. The first-order valence-electron chi connectivity index (χ1n) is 5.78. The number of aromatic nitrogens is 1. The summed E-state index contributed by atoms with van der Waals surface area (Å²) in [5.74, 6) is -1.01. The third-order valence-corrected chi connectivity index (χ3v) is 2.39. The molecule has 0 aromatic carbocycles. The molecule has 1 aromatic rings. The monoisotopic (exact) mass is 251 g/mol. The second kappa shape index (κ2) is 7.39. The lowest BCUT2D eigenvalue weighted by atomic mass is 10.2. The van der Waals surface area contributed by atoms with Crippen LogP contribution in [-0.4, -0.2) is 28.5 Å². The molecule has 0 atom stereocenters. The number of hydrogen-bond donors (Lipinski definition) is 3. The number of carboxylic acid groups (broad SMARTS) is 1. The zero-order valence-electron chi connectivity index (χ0n) is 10.1. The van der Waals surface area contributed by atoms with Crippen molar-refractivity contribution >= 4 is 11.9 Å². The van der Waals surface area contributed by atoms with Gasteiger partial charge in [-0.2, -0.15) is 0 Å². The Morgan fingerprint density at radius 1 is 1.39 bits per heavy atom. The van der Waals surface area contributed by atoms with Gasteiger partial charge in [0.25, 0.3) is 5.91 Å². The van der Waals surface area contributed by atoms with E-state index in [1.54, 1.807) is 18.3 Å². The molecule has 1 heterocycles. The van der Waals surface area contributed by atoms with Crippen LogP contribution in [0.1, 0.15) is 35.3 Å². The molecular formula is C12H17N3O3. The van der Waals surface area contributed by atoms with Gasteiger partial charge in [-0.05, 0) is 25.0 Å². The summed E-state index contributed by atoms with van der Waals surface area (Å²) < 4.78 is 0. The highest BCUT2D eigenvalue weighted by Gasteiger charge is 2.05. The van der Waals surface area contributed by atoms with Crippen LogP contribution < -0.4 is 11.1 Å². The Bertz CT molecular complexity index is 421. The summed E-state index contributed by atoms with van der Waals surface area (Å²) in [4.78, 5) is 26.0. The standard InChI is InChI=1S/C12H17N3O3/c13-8-10-7-9(4-6-14-10)12(18)15-5-2-1-3-11(16)17/h4,6-7H,1-3,5,8,13H2,(H,15,18)(H,16,17). The van der Waals surface area contributed by atoms with E-state index in [0.29, 0.717) is 37.2 Å². The molecule has 0 radical (unpaired) electrons. The van der Waals surface area contributed by atoms with E-state index in [-0.39, 0.29) is 12.3 Å². The van der Waals surface area contributed by atoms with E-state index in [9.17, 15) is 9.59 Å². The van der Waals surface area contributed by atoms with Gasteiger partial charge in [0.2, 0.25) is 0 Å². The number of carbonyl (C=O) groups is 2. The van der Waals surface area contributed by atoms with Gasteiger partial charge in [0.05, 0.1) is 5.69 Å². The molecule has 0 fully saturated rings. The van der Waals surface area contributed by atoms with Gasteiger partial charge in [-0.15, -0.1) is 0 Å². The van der Waals surface area contributed by atoms with Crippen LogP contribution >= 0.6 is 0 Å². The van der Waals surface area contributed by atoms with Crippen LogP contribution in [0.2, 0.25) is 0 Å². The molecule has 1 aromatic heterocycles. The maximum atomic E-state index is 11.7. The summed E-state index contributed by atoms with van der Waals surface area (Å²) in [6.07, 6.45) is 2.87. The molecule has 0 spiro atoms. The zero-order chi connectivity index (χ0) is 13.4. The third kappa shape index (κ3) is 4.92. The van der Waals surface area contributed by atoms with Gasteiger partial charge in [-0.3, -0.25) is 14.6 Å². The van der Waals surface area contributed by atoms with Crippen molar-refractivity contribution < 1.29 is 14.7 Å². The van der Waals surface area contributed by atoms with Gasteiger partial charge in [-0.25, -0.2) is 0 Å². The molecule has 6 heteroatoms. The van der Waals surface area contributed by atoms with Crippen molar-refractivity contribution in [3.8, 4) is 0 Å². The highest BCUT2D eigenvalue weighted by molar-refractivity contribution is 5.94. The van der Waals surface area contributed by atoms with Crippen LogP contribution in [-0.2, 0) is 11.3 Å². The van der Waals surface area contributed by atoms with E-state index < -0.39 is 5.97 Å². The molecule has 0 bridgehead atoms. The van der Waals surface area contributed by atoms with Crippen LogP contribution in [0.4, 0.5) is 0 Å². The number of hydrogen-bond acceptors (Lipinski definition) is 4. The first kappa shape index (κ1) is 14.1. The van der Waals surface area contributed by atoms with Crippen molar-refractivity contribution in [2.45, 2.75) is 25.8 Å². The van der Waals surface area contributed by atoms with Gasteiger partial charge in [-0.1, -0.05) is 0 Å². The van der Waals surface area contributed by atoms with E-state index in [1.807, 2.05) is 0 Å². The molecule has 0 aliphatic heterocycles. The average Bonchev–Trinajstić information content (AvgIpc) is 2.37. The molecule has 0 saturated heterocycles. The lowest BCUT2D eigenvalue weighted by Gasteiger charge is -2.05. The molecular weight excluding hydrogens is 234 g/mol. The fraction of sp³-hybridized carbons (Fsp3) is 0.417. The number of pyridine rings is 1. The number of amides is 1. The molecule has 0 aliphatic rings. The smallest absolute Gasteiger partial charge is 0.303 e. The van der Waals surface area contributed by atoms with E-state index in [1.165, 1.54) is 0 Å². The van der Waals surface area contributed by atoms with Crippen LogP contribution in [0.3, 0.4) is 0 Å². The molecule has 1 amide bonds. The van der Waals surface area contributed by atoms with Crippen molar-refractivity contribution in [1.29, 1.82) is 0 Å². The zero-order valence-corrected chi connectivity index (χ0v) is 10.1. The maximum Gasteiger partial charge on any atom is 0.303 e. The minimum absolute atomic E-state index is 0.127. The van der Waals surface area contributed by atoms with Crippen molar-refractivity contribution in [3.05, 3.63) is 29.6 Å². The van der Waals surface area contributed by atoms with Crippen molar-refractivity contribution in [2.75, 3.05) is 6.54 Å². The second-order valence-corrected chi connectivity index (χ2v) is 3.85. The summed E-state index contributed by atoms with van der Waals surface area (Å²) in [6.45, 7) is 0.756. The number of aliphatic carboxylic acids is 1. The quantitative estimate of drug-likeness (QED) is 0.613. The lowest BCUT2D eigenvalue weighted by Crippen LogP contribution is -2.24. The van der Waals surface area contributed by atoms with Crippen molar-refractivity contribution in [3.63, 3.8) is 0 Å². The Morgan fingerprint density at radius 3 is 2.83 bits per heavy atom. The molecule has 0 saturated carbocycles. The van der Waals surface area contributed by atoms with Crippen LogP contribution in [0.15, 0.2) is 18.3 Å². The SMILES string of the molecule is NCc1cc(C(=O)NCCCCC(=O)O)ccn1. The predicted octanol–water partition coefficient (Wildman–Crippen LogP) is 0.525. The van der Waals surface area contributed by atoms with E-state index >= 15 is 0 Å². The van der Waals surface area contributed by atoms with Crippen LogP contribution in [0.5, 0.6) is 0 Å². The number of rotatable bonds is 7. The normalized spacial score (nSPS) is 10.1. The molecule has 0 aliphatic carbocycles. The van der Waals surface area contributed by atoms with Crippen molar-refractivity contribution in [2.24, 2.45) is 5.73 Å². The Balaban J connectivity index is 2.33. The van der Waals surface area contributed by atoms with Gasteiger partial charge in [0, 0.05) is 31.3 Å². The summed E-state index contributed by atoms with van der Waals surface area (Å²) in [7, 11) is 0. The lowest BCUT2D eigenvalue weighted by molar-refractivity contribution is -0.137. The summed E-state index contributed by atoms with van der Waals surface area (Å²) in [6, 6.07) is 3.26. The molecule has 0 unspecified atom stereocenters. The van der Waals surface area contributed by atoms with Gasteiger partial charge < -0.3 is 16.2 Å². The second-order valence-electron chi connectivity index (χ2n) is 3.85. The summed E-state index contributed by atoms with van der Waals surface area (Å²) in [5, 5.41) is 11.2.